The lowest BCUT2D eigenvalue weighted by Crippen LogP contribution is -2.40. The van der Waals surface area contributed by atoms with Gasteiger partial charge in [0.05, 0.1) is 24.8 Å². The number of para-hydroxylation sites is 1. The van der Waals surface area contributed by atoms with Gasteiger partial charge in [-0.25, -0.2) is 0 Å². The number of rotatable bonds is 4. The number of carbonyl (C=O) groups is 1. The first-order valence-electron chi connectivity index (χ1n) is 4.91. The van der Waals surface area contributed by atoms with Gasteiger partial charge in [-0.1, -0.05) is 12.1 Å². The zero-order valence-corrected chi connectivity index (χ0v) is 8.97. The summed E-state index contributed by atoms with van der Waals surface area (Å²) < 4.78 is 0. The number of amides is 1. The maximum Gasteiger partial charge on any atom is 0.255 e. The molecule has 1 rings (SSSR count). The Morgan fingerprint density at radius 3 is 2.56 bits per heavy atom. The number of hydrogen-bond donors (Lipinski definition) is 4. The summed E-state index contributed by atoms with van der Waals surface area (Å²) in [7, 11) is 0. The van der Waals surface area contributed by atoms with Gasteiger partial charge in [-0.2, -0.15) is 0 Å². The third-order valence-corrected chi connectivity index (χ3v) is 2.26. The van der Waals surface area contributed by atoms with Crippen LogP contribution in [0.1, 0.15) is 15.9 Å². The molecule has 1 amide bonds. The largest absolute Gasteiger partial charge is 0.507 e. The molecule has 0 fully saturated rings. The van der Waals surface area contributed by atoms with Gasteiger partial charge in [0.25, 0.3) is 5.91 Å². The second-order valence-electron chi connectivity index (χ2n) is 3.51. The number of phenolic OH excluding ortho intramolecular Hbond substituents is 1. The lowest BCUT2D eigenvalue weighted by Gasteiger charge is -2.14. The minimum atomic E-state index is -0.715. The van der Waals surface area contributed by atoms with E-state index in [0.29, 0.717) is 5.56 Å². The molecule has 1 aromatic rings. The number of aryl methyl sites for hydroxylation is 1. The molecule has 0 atom stereocenters. The Balaban J connectivity index is 2.84. The Morgan fingerprint density at radius 1 is 1.38 bits per heavy atom. The zero-order chi connectivity index (χ0) is 12.1. The molecule has 0 aliphatic carbocycles. The summed E-state index contributed by atoms with van der Waals surface area (Å²) in [4.78, 5) is 11.7. The van der Waals surface area contributed by atoms with Gasteiger partial charge in [-0.15, -0.1) is 0 Å². The standard InChI is InChI=1S/C11H15NO4/c1-7-3-2-4-9(10(7)15)11(16)12-8(5-13)6-14/h2-4,8,13-15H,5-6H2,1H3,(H,12,16). The Morgan fingerprint density at radius 2 is 2.00 bits per heavy atom. The maximum absolute atomic E-state index is 11.7. The summed E-state index contributed by atoms with van der Waals surface area (Å²) in [5.41, 5.74) is 0.726. The van der Waals surface area contributed by atoms with E-state index in [1.807, 2.05) is 0 Å². The molecule has 4 N–H and O–H groups in total. The van der Waals surface area contributed by atoms with Gasteiger partial charge in [0.1, 0.15) is 5.75 Å². The van der Waals surface area contributed by atoms with Crippen molar-refractivity contribution in [2.75, 3.05) is 13.2 Å². The average Bonchev–Trinajstić information content (AvgIpc) is 2.29. The smallest absolute Gasteiger partial charge is 0.255 e. The third kappa shape index (κ3) is 2.71. The van der Waals surface area contributed by atoms with Crippen molar-refractivity contribution in [1.29, 1.82) is 0 Å². The van der Waals surface area contributed by atoms with E-state index in [1.54, 1.807) is 19.1 Å². The molecule has 0 aliphatic heterocycles. The lowest BCUT2D eigenvalue weighted by molar-refractivity contribution is 0.0876. The number of aromatic hydroxyl groups is 1. The zero-order valence-electron chi connectivity index (χ0n) is 8.97. The van der Waals surface area contributed by atoms with Crippen LogP contribution in [0.3, 0.4) is 0 Å². The first-order valence-corrected chi connectivity index (χ1v) is 4.91. The van der Waals surface area contributed by atoms with E-state index in [2.05, 4.69) is 5.32 Å². The number of phenols is 1. The molecule has 0 spiro atoms. The molecule has 0 aromatic heterocycles. The van der Waals surface area contributed by atoms with E-state index < -0.39 is 11.9 Å². The highest BCUT2D eigenvalue weighted by Crippen LogP contribution is 2.21. The van der Waals surface area contributed by atoms with Gasteiger partial charge in [0, 0.05) is 0 Å². The van der Waals surface area contributed by atoms with Crippen molar-refractivity contribution in [3.05, 3.63) is 29.3 Å². The number of carbonyl (C=O) groups excluding carboxylic acids is 1. The van der Waals surface area contributed by atoms with Crippen molar-refractivity contribution < 1.29 is 20.1 Å². The van der Waals surface area contributed by atoms with Crippen molar-refractivity contribution in [3.63, 3.8) is 0 Å². The molecule has 0 unspecified atom stereocenters. The monoisotopic (exact) mass is 225 g/mol. The van der Waals surface area contributed by atoms with E-state index in [0.717, 1.165) is 0 Å². The molecule has 0 bridgehead atoms. The molecule has 0 saturated carbocycles. The average molecular weight is 225 g/mol. The summed E-state index contributed by atoms with van der Waals surface area (Å²) in [6, 6.07) is 4.09. The van der Waals surface area contributed by atoms with Crippen molar-refractivity contribution in [1.82, 2.24) is 5.32 Å². The Hall–Kier alpha value is -1.59. The fourth-order valence-electron chi connectivity index (χ4n) is 1.25. The molecule has 16 heavy (non-hydrogen) atoms. The molecular formula is C11H15NO4. The number of hydrogen-bond acceptors (Lipinski definition) is 4. The summed E-state index contributed by atoms with van der Waals surface area (Å²) in [5.74, 6) is -0.607. The quantitative estimate of drug-likeness (QED) is 0.570. The van der Waals surface area contributed by atoms with Gasteiger partial charge in [-0.3, -0.25) is 4.79 Å². The van der Waals surface area contributed by atoms with Crippen molar-refractivity contribution in [2.45, 2.75) is 13.0 Å². The fraction of sp³-hybridized carbons (Fsp3) is 0.364. The Labute approximate surface area is 93.4 Å². The number of benzene rings is 1. The normalized spacial score (nSPS) is 10.5. The second kappa shape index (κ2) is 5.48. The van der Waals surface area contributed by atoms with E-state index >= 15 is 0 Å². The first kappa shape index (κ1) is 12.5. The predicted octanol–water partition coefficient (Wildman–Crippen LogP) is -0.216. The van der Waals surface area contributed by atoms with Gasteiger partial charge in [0.15, 0.2) is 0 Å². The van der Waals surface area contributed by atoms with Crippen LogP contribution in [0.4, 0.5) is 0 Å². The maximum atomic E-state index is 11.7. The van der Waals surface area contributed by atoms with Crippen LogP contribution in [0.5, 0.6) is 5.75 Å². The second-order valence-corrected chi connectivity index (χ2v) is 3.51. The molecule has 5 heteroatoms. The SMILES string of the molecule is Cc1cccc(C(=O)NC(CO)CO)c1O. The highest BCUT2D eigenvalue weighted by Gasteiger charge is 2.15. The summed E-state index contributed by atoms with van der Waals surface area (Å²) in [6.07, 6.45) is 0. The van der Waals surface area contributed by atoms with Gasteiger partial charge in [-0.05, 0) is 18.6 Å². The van der Waals surface area contributed by atoms with Crippen molar-refractivity contribution in [3.8, 4) is 5.75 Å². The molecule has 0 heterocycles. The highest BCUT2D eigenvalue weighted by atomic mass is 16.3. The topological polar surface area (TPSA) is 89.8 Å². The van der Waals surface area contributed by atoms with Crippen molar-refractivity contribution >= 4 is 5.91 Å². The van der Waals surface area contributed by atoms with Crippen LogP contribution in [0.15, 0.2) is 18.2 Å². The van der Waals surface area contributed by atoms with Crippen LogP contribution >= 0.6 is 0 Å². The van der Waals surface area contributed by atoms with E-state index in [1.165, 1.54) is 6.07 Å². The third-order valence-electron chi connectivity index (χ3n) is 2.26. The molecule has 0 saturated heterocycles. The number of nitrogens with one attached hydrogen (secondary N) is 1. The minimum absolute atomic E-state index is 0.0883. The fourth-order valence-corrected chi connectivity index (χ4v) is 1.25. The van der Waals surface area contributed by atoms with Gasteiger partial charge >= 0.3 is 0 Å². The van der Waals surface area contributed by atoms with Crippen molar-refractivity contribution in [2.24, 2.45) is 0 Å². The molecule has 5 nitrogen and oxygen atoms in total. The molecule has 0 radical (unpaired) electrons. The van der Waals surface area contributed by atoms with Crippen LogP contribution in [0.2, 0.25) is 0 Å². The molecule has 88 valence electrons. The number of aliphatic hydroxyl groups is 2. The lowest BCUT2D eigenvalue weighted by atomic mass is 10.1. The van der Waals surface area contributed by atoms with E-state index in [-0.39, 0.29) is 24.5 Å². The predicted molar refractivity (Wildman–Crippen MR) is 58.3 cm³/mol. The van der Waals surface area contributed by atoms with Crippen LogP contribution in [-0.4, -0.2) is 40.5 Å². The number of aliphatic hydroxyl groups excluding tert-OH is 2. The molecule has 0 aliphatic rings. The summed E-state index contributed by atoms with van der Waals surface area (Å²) >= 11 is 0. The van der Waals surface area contributed by atoms with Gasteiger partial charge in [0.2, 0.25) is 0 Å². The highest BCUT2D eigenvalue weighted by molar-refractivity contribution is 5.97. The summed E-state index contributed by atoms with van der Waals surface area (Å²) in [6.45, 7) is 0.977. The van der Waals surface area contributed by atoms with Crippen LogP contribution in [0, 0.1) is 6.92 Å². The Bertz CT molecular complexity index is 374. The van der Waals surface area contributed by atoms with Crippen LogP contribution in [0.25, 0.3) is 0 Å². The minimum Gasteiger partial charge on any atom is -0.507 e. The van der Waals surface area contributed by atoms with Crippen LogP contribution in [-0.2, 0) is 0 Å². The van der Waals surface area contributed by atoms with Gasteiger partial charge < -0.3 is 20.6 Å². The van der Waals surface area contributed by atoms with Crippen LogP contribution < -0.4 is 5.32 Å². The van der Waals surface area contributed by atoms with E-state index in [9.17, 15) is 9.90 Å². The van der Waals surface area contributed by atoms with E-state index in [4.69, 9.17) is 10.2 Å². The molecular weight excluding hydrogens is 210 g/mol. The summed E-state index contributed by atoms with van der Waals surface area (Å²) in [5, 5.41) is 29.7. The Kier molecular flexibility index (Phi) is 4.28. The first-order chi connectivity index (χ1) is 7.60. The molecule has 1 aromatic carbocycles.